The second-order valence-corrected chi connectivity index (χ2v) is 7.38. The third-order valence-electron chi connectivity index (χ3n) is 2.99. The zero-order valence-corrected chi connectivity index (χ0v) is 14.1. The number of amides is 1. The van der Waals surface area contributed by atoms with Crippen LogP contribution in [0.5, 0.6) is 0 Å². The molecule has 0 aromatic heterocycles. The number of alkyl carbamates (subject to hydrolysis) is 1. The highest BCUT2D eigenvalue weighted by Gasteiger charge is 2.30. The molecule has 0 radical (unpaired) electrons. The number of carbonyl (C=O) groups excluding carboxylic acids is 1. The van der Waals surface area contributed by atoms with Crippen LogP contribution in [-0.4, -0.2) is 22.8 Å². The first-order chi connectivity index (χ1) is 9.90. The smallest absolute Gasteiger partial charge is 0.408 e. The van der Waals surface area contributed by atoms with E-state index >= 15 is 0 Å². The van der Waals surface area contributed by atoms with Crippen LogP contribution >= 0.6 is 0 Å². The van der Waals surface area contributed by atoms with E-state index in [0.29, 0.717) is 0 Å². The molecule has 122 valence electrons. The summed E-state index contributed by atoms with van der Waals surface area (Å²) >= 11 is 0. The van der Waals surface area contributed by atoms with Gasteiger partial charge in [-0.05, 0) is 43.9 Å². The van der Waals surface area contributed by atoms with Crippen LogP contribution in [0, 0.1) is 5.41 Å². The van der Waals surface area contributed by atoms with Gasteiger partial charge in [0, 0.05) is 0 Å². The summed E-state index contributed by atoms with van der Waals surface area (Å²) in [6, 6.07) is 6.23. The molecule has 0 bridgehead atoms. The molecule has 0 aliphatic rings. The average Bonchev–Trinajstić information content (AvgIpc) is 2.32. The predicted molar refractivity (Wildman–Crippen MR) is 85.0 cm³/mol. The molecule has 1 aromatic carbocycles. The normalized spacial score (nSPS) is 13.4. The summed E-state index contributed by atoms with van der Waals surface area (Å²) in [6.07, 6.45) is -0.520. The molecule has 1 unspecified atom stereocenters. The van der Waals surface area contributed by atoms with E-state index in [1.54, 1.807) is 39.0 Å². The standard InChI is InChI=1S/C17H25NO4/c1-16(2,3)13(18-15(21)22-17(4,5)6)11-8-7-9-12(10-11)14(19)20/h7-10,13H,1-6H3,(H,18,21)(H,19,20). The van der Waals surface area contributed by atoms with Crippen molar-refractivity contribution in [1.82, 2.24) is 5.32 Å². The maximum Gasteiger partial charge on any atom is 0.408 e. The molecule has 0 spiro atoms. The largest absolute Gasteiger partial charge is 0.478 e. The van der Waals surface area contributed by atoms with Crippen molar-refractivity contribution in [3.8, 4) is 0 Å². The van der Waals surface area contributed by atoms with Gasteiger partial charge in [-0.2, -0.15) is 0 Å². The molecule has 2 N–H and O–H groups in total. The lowest BCUT2D eigenvalue weighted by molar-refractivity contribution is 0.0462. The Morgan fingerprint density at radius 1 is 1.14 bits per heavy atom. The highest BCUT2D eigenvalue weighted by Crippen LogP contribution is 2.33. The summed E-state index contributed by atoms with van der Waals surface area (Å²) in [5.74, 6) is -0.994. The highest BCUT2D eigenvalue weighted by molar-refractivity contribution is 5.87. The Labute approximate surface area is 131 Å². The van der Waals surface area contributed by atoms with Gasteiger partial charge in [0.05, 0.1) is 11.6 Å². The first-order valence-corrected chi connectivity index (χ1v) is 7.23. The van der Waals surface area contributed by atoms with Gasteiger partial charge in [-0.25, -0.2) is 9.59 Å². The molecule has 1 atom stereocenters. The zero-order chi connectivity index (χ0) is 17.1. The second-order valence-electron chi connectivity index (χ2n) is 7.38. The van der Waals surface area contributed by atoms with Crippen molar-refractivity contribution in [2.24, 2.45) is 5.41 Å². The maximum absolute atomic E-state index is 12.1. The number of hydrogen-bond acceptors (Lipinski definition) is 3. The van der Waals surface area contributed by atoms with E-state index in [1.807, 2.05) is 20.8 Å². The van der Waals surface area contributed by atoms with Crippen molar-refractivity contribution in [3.05, 3.63) is 35.4 Å². The van der Waals surface area contributed by atoms with Crippen LogP contribution in [0.1, 0.15) is 63.5 Å². The summed E-state index contributed by atoms with van der Waals surface area (Å²) in [5.41, 5.74) is 0.0414. The van der Waals surface area contributed by atoms with Crippen LogP contribution in [0.25, 0.3) is 0 Å². The fourth-order valence-corrected chi connectivity index (χ4v) is 2.08. The number of carbonyl (C=O) groups is 2. The summed E-state index contributed by atoms with van der Waals surface area (Å²) in [7, 11) is 0. The third kappa shape index (κ3) is 5.39. The molecule has 5 heteroatoms. The van der Waals surface area contributed by atoms with Gasteiger partial charge in [0.1, 0.15) is 5.60 Å². The van der Waals surface area contributed by atoms with Crippen LogP contribution in [0.15, 0.2) is 24.3 Å². The number of hydrogen-bond donors (Lipinski definition) is 2. The maximum atomic E-state index is 12.1. The van der Waals surface area contributed by atoms with Crippen LogP contribution in [-0.2, 0) is 4.74 Å². The number of ether oxygens (including phenoxy) is 1. The van der Waals surface area contributed by atoms with E-state index in [2.05, 4.69) is 5.32 Å². The molecule has 0 heterocycles. The summed E-state index contributed by atoms with van der Waals surface area (Å²) in [4.78, 5) is 23.2. The summed E-state index contributed by atoms with van der Waals surface area (Å²) in [6.45, 7) is 11.3. The molecular formula is C17H25NO4. The molecule has 22 heavy (non-hydrogen) atoms. The van der Waals surface area contributed by atoms with Crippen LogP contribution < -0.4 is 5.32 Å². The number of carboxylic acids is 1. The van der Waals surface area contributed by atoms with Crippen molar-refractivity contribution in [2.45, 2.75) is 53.2 Å². The Morgan fingerprint density at radius 2 is 1.73 bits per heavy atom. The fourth-order valence-electron chi connectivity index (χ4n) is 2.08. The molecule has 5 nitrogen and oxygen atoms in total. The van der Waals surface area contributed by atoms with Gasteiger partial charge >= 0.3 is 12.1 Å². The third-order valence-corrected chi connectivity index (χ3v) is 2.99. The Morgan fingerprint density at radius 3 is 2.18 bits per heavy atom. The Balaban J connectivity index is 3.07. The minimum atomic E-state index is -0.994. The molecule has 0 saturated carbocycles. The molecule has 1 aromatic rings. The first-order valence-electron chi connectivity index (χ1n) is 7.23. The van der Waals surface area contributed by atoms with Crippen molar-refractivity contribution >= 4 is 12.1 Å². The van der Waals surface area contributed by atoms with E-state index in [1.165, 1.54) is 6.07 Å². The molecule has 1 amide bonds. The van der Waals surface area contributed by atoms with Crippen LogP contribution in [0.4, 0.5) is 4.79 Å². The molecule has 0 aliphatic heterocycles. The van der Waals surface area contributed by atoms with Crippen LogP contribution in [0.3, 0.4) is 0 Å². The van der Waals surface area contributed by atoms with Crippen molar-refractivity contribution < 1.29 is 19.4 Å². The lowest BCUT2D eigenvalue weighted by Gasteiger charge is -2.33. The van der Waals surface area contributed by atoms with Crippen molar-refractivity contribution in [3.63, 3.8) is 0 Å². The van der Waals surface area contributed by atoms with Gasteiger partial charge in [0.2, 0.25) is 0 Å². The lowest BCUT2D eigenvalue weighted by atomic mass is 9.82. The van der Waals surface area contributed by atoms with Crippen LogP contribution in [0.2, 0.25) is 0 Å². The van der Waals surface area contributed by atoms with E-state index in [0.717, 1.165) is 5.56 Å². The van der Waals surface area contributed by atoms with E-state index < -0.39 is 17.7 Å². The van der Waals surface area contributed by atoms with Gasteiger partial charge in [0.15, 0.2) is 0 Å². The molecule has 1 rings (SSSR count). The van der Waals surface area contributed by atoms with E-state index in [-0.39, 0.29) is 17.0 Å². The van der Waals surface area contributed by atoms with Gasteiger partial charge in [-0.15, -0.1) is 0 Å². The topological polar surface area (TPSA) is 75.6 Å². The average molecular weight is 307 g/mol. The molecule has 0 fully saturated rings. The number of nitrogens with one attached hydrogen (secondary N) is 1. The predicted octanol–water partition coefficient (Wildman–Crippen LogP) is 4.00. The lowest BCUT2D eigenvalue weighted by Crippen LogP contribution is -2.40. The Bertz CT molecular complexity index is 553. The van der Waals surface area contributed by atoms with Crippen molar-refractivity contribution in [1.29, 1.82) is 0 Å². The quantitative estimate of drug-likeness (QED) is 0.885. The number of benzene rings is 1. The van der Waals surface area contributed by atoms with E-state index in [9.17, 15) is 9.59 Å². The second kappa shape index (κ2) is 6.38. The molecule has 0 saturated heterocycles. The van der Waals surface area contributed by atoms with Crippen molar-refractivity contribution in [2.75, 3.05) is 0 Å². The number of aromatic carboxylic acids is 1. The molecule has 0 aliphatic carbocycles. The zero-order valence-electron chi connectivity index (χ0n) is 14.1. The van der Waals surface area contributed by atoms with Gasteiger partial charge < -0.3 is 15.2 Å². The number of rotatable bonds is 3. The minimum absolute atomic E-state index is 0.192. The number of carboxylic acid groups (broad SMARTS) is 1. The Hall–Kier alpha value is -2.04. The van der Waals surface area contributed by atoms with Gasteiger partial charge in [0.25, 0.3) is 0 Å². The summed E-state index contributed by atoms with van der Waals surface area (Å²) in [5, 5.41) is 12.0. The SMILES string of the molecule is CC(C)(C)OC(=O)NC(c1cccc(C(=O)O)c1)C(C)(C)C. The Kier molecular flexibility index (Phi) is 5.22. The summed E-state index contributed by atoms with van der Waals surface area (Å²) < 4.78 is 5.30. The first kappa shape index (κ1) is 18.0. The monoisotopic (exact) mass is 307 g/mol. The highest BCUT2D eigenvalue weighted by atomic mass is 16.6. The minimum Gasteiger partial charge on any atom is -0.478 e. The van der Waals surface area contributed by atoms with E-state index in [4.69, 9.17) is 9.84 Å². The fraction of sp³-hybridized carbons (Fsp3) is 0.529. The van der Waals surface area contributed by atoms with Gasteiger partial charge in [-0.1, -0.05) is 32.9 Å². The molecular weight excluding hydrogens is 282 g/mol. The van der Waals surface area contributed by atoms with Gasteiger partial charge in [-0.3, -0.25) is 0 Å².